The fourth-order valence-electron chi connectivity index (χ4n) is 2.95. The van der Waals surface area contributed by atoms with E-state index in [4.69, 9.17) is 25.8 Å². The first-order valence-electron chi connectivity index (χ1n) is 9.21. The van der Waals surface area contributed by atoms with Crippen molar-refractivity contribution >= 4 is 35.2 Å². The van der Waals surface area contributed by atoms with Gasteiger partial charge in [-0.1, -0.05) is 17.7 Å². The molecule has 0 bridgehead atoms. The Bertz CT molecular complexity index is 1080. The Kier molecular flexibility index (Phi) is 6.37. The second-order valence-electron chi connectivity index (χ2n) is 6.24. The summed E-state index contributed by atoms with van der Waals surface area (Å²) in [6.07, 6.45) is 1.51. The number of hydrogen-bond acceptors (Lipinski definition) is 7. The Labute approximate surface area is 177 Å². The molecule has 0 amide bonds. The molecule has 0 atom stereocenters. The topological polar surface area (TPSA) is 100 Å². The zero-order valence-electron chi connectivity index (χ0n) is 16.6. The molecule has 30 heavy (non-hydrogen) atoms. The van der Waals surface area contributed by atoms with Gasteiger partial charge in [0.05, 0.1) is 23.2 Å². The average molecular weight is 431 g/mol. The van der Waals surface area contributed by atoms with Crippen molar-refractivity contribution in [2.24, 2.45) is 4.99 Å². The van der Waals surface area contributed by atoms with Crippen molar-refractivity contribution in [2.45, 2.75) is 20.8 Å². The highest BCUT2D eigenvalue weighted by atomic mass is 35.5. The molecule has 1 heterocycles. The van der Waals surface area contributed by atoms with Gasteiger partial charge in [0, 0.05) is 17.2 Å². The normalized spacial score (nSPS) is 14.5. The summed E-state index contributed by atoms with van der Waals surface area (Å²) in [7, 11) is 0. The van der Waals surface area contributed by atoms with Crippen LogP contribution in [-0.2, 0) is 9.53 Å². The number of nitro benzene ring substituents is 1. The third-order valence-electron chi connectivity index (χ3n) is 4.28. The van der Waals surface area contributed by atoms with E-state index in [9.17, 15) is 14.9 Å². The van der Waals surface area contributed by atoms with Gasteiger partial charge in [0.15, 0.2) is 17.2 Å². The van der Waals surface area contributed by atoms with Crippen LogP contribution in [0.3, 0.4) is 0 Å². The van der Waals surface area contributed by atoms with Gasteiger partial charge in [0.25, 0.3) is 5.69 Å². The van der Waals surface area contributed by atoms with Gasteiger partial charge >= 0.3 is 5.97 Å². The molecule has 9 heteroatoms. The maximum Gasteiger partial charge on any atom is 0.363 e. The van der Waals surface area contributed by atoms with Crippen molar-refractivity contribution in [1.82, 2.24) is 0 Å². The van der Waals surface area contributed by atoms with Gasteiger partial charge in [0.1, 0.15) is 0 Å². The largest absolute Gasteiger partial charge is 0.490 e. The summed E-state index contributed by atoms with van der Waals surface area (Å²) in [4.78, 5) is 27.2. The van der Waals surface area contributed by atoms with Crippen LogP contribution in [0.1, 0.15) is 30.5 Å². The summed E-state index contributed by atoms with van der Waals surface area (Å²) in [6, 6.07) is 7.82. The minimum absolute atomic E-state index is 0.00881. The Hall–Kier alpha value is -3.39. The van der Waals surface area contributed by atoms with Gasteiger partial charge in [-0.15, -0.1) is 0 Å². The van der Waals surface area contributed by atoms with Gasteiger partial charge in [-0.3, -0.25) is 10.1 Å². The number of rotatable bonds is 7. The van der Waals surface area contributed by atoms with E-state index in [0.717, 1.165) is 0 Å². The van der Waals surface area contributed by atoms with E-state index in [-0.39, 0.29) is 17.3 Å². The van der Waals surface area contributed by atoms with Crippen molar-refractivity contribution in [3.8, 4) is 11.5 Å². The molecule has 0 saturated heterocycles. The number of esters is 1. The number of nitrogens with zero attached hydrogens (tertiary/aromatic N) is 2. The molecule has 0 radical (unpaired) electrons. The lowest BCUT2D eigenvalue weighted by molar-refractivity contribution is -0.385. The van der Waals surface area contributed by atoms with E-state index in [0.29, 0.717) is 46.4 Å². The van der Waals surface area contributed by atoms with Crippen molar-refractivity contribution in [3.05, 3.63) is 67.9 Å². The third kappa shape index (κ3) is 4.28. The highest BCUT2D eigenvalue weighted by Crippen LogP contribution is 2.37. The fourth-order valence-corrected chi connectivity index (χ4v) is 3.23. The third-order valence-corrected chi connectivity index (χ3v) is 4.56. The van der Waals surface area contributed by atoms with E-state index < -0.39 is 10.9 Å². The maximum absolute atomic E-state index is 12.3. The summed E-state index contributed by atoms with van der Waals surface area (Å²) in [5.41, 5.74) is 1.26. The number of carbonyl (C=O) groups is 1. The van der Waals surface area contributed by atoms with Gasteiger partial charge in [0.2, 0.25) is 5.90 Å². The highest BCUT2D eigenvalue weighted by molar-refractivity contribution is 6.32. The van der Waals surface area contributed by atoms with E-state index >= 15 is 0 Å². The molecule has 2 aromatic carbocycles. The molecule has 0 N–H and O–H groups in total. The highest BCUT2D eigenvalue weighted by Gasteiger charge is 2.27. The fraction of sp³-hybridized carbons (Fsp3) is 0.238. The Morgan fingerprint density at radius 2 is 1.97 bits per heavy atom. The van der Waals surface area contributed by atoms with Gasteiger partial charge < -0.3 is 14.2 Å². The molecule has 0 fully saturated rings. The number of benzene rings is 2. The Morgan fingerprint density at radius 1 is 1.23 bits per heavy atom. The molecule has 0 saturated carbocycles. The number of hydrogen-bond donors (Lipinski definition) is 0. The van der Waals surface area contributed by atoms with E-state index in [1.807, 2.05) is 13.8 Å². The standard InChI is InChI=1S/C21H19ClN2O6/c1-4-28-18-11-13(9-15(22)19(18)29-5-2)10-16-21(25)30-20(23-16)14-7-6-8-17(12(14)3)24(26)27/h6-11H,4-5H2,1-3H3/b16-10-. The minimum atomic E-state index is -0.668. The SMILES string of the molecule is CCOc1cc(/C=C2\N=C(c3cccc([N+](=O)[O-])c3C)OC2=O)cc(Cl)c1OCC. The lowest BCUT2D eigenvalue weighted by atomic mass is 10.1. The summed E-state index contributed by atoms with van der Waals surface area (Å²) in [5.74, 6) is 0.214. The first kappa shape index (κ1) is 21.3. The van der Waals surface area contributed by atoms with Crippen molar-refractivity contribution in [1.29, 1.82) is 0 Å². The lowest BCUT2D eigenvalue weighted by Crippen LogP contribution is -2.08. The van der Waals surface area contributed by atoms with Crippen molar-refractivity contribution in [2.75, 3.05) is 13.2 Å². The molecule has 3 rings (SSSR count). The van der Waals surface area contributed by atoms with Crippen LogP contribution < -0.4 is 9.47 Å². The summed E-state index contributed by atoms with van der Waals surface area (Å²) >= 11 is 6.31. The van der Waals surface area contributed by atoms with Crippen LogP contribution in [0.5, 0.6) is 11.5 Å². The monoisotopic (exact) mass is 430 g/mol. The van der Waals surface area contributed by atoms with Crippen LogP contribution in [0.25, 0.3) is 6.08 Å². The molecular weight excluding hydrogens is 412 g/mol. The first-order valence-corrected chi connectivity index (χ1v) is 9.59. The molecule has 1 aliphatic heterocycles. The maximum atomic E-state index is 12.3. The van der Waals surface area contributed by atoms with Crippen LogP contribution in [0.4, 0.5) is 5.69 Å². The molecule has 1 aliphatic rings. The zero-order valence-corrected chi connectivity index (χ0v) is 17.4. The van der Waals surface area contributed by atoms with Crippen molar-refractivity contribution in [3.63, 3.8) is 0 Å². The smallest absolute Gasteiger partial charge is 0.363 e. The molecule has 0 aliphatic carbocycles. The van der Waals surface area contributed by atoms with E-state index in [2.05, 4.69) is 4.99 Å². The van der Waals surface area contributed by atoms with Crippen molar-refractivity contribution < 1.29 is 23.9 Å². The number of cyclic esters (lactones) is 1. The van der Waals surface area contributed by atoms with Crippen LogP contribution in [-0.4, -0.2) is 30.0 Å². The average Bonchev–Trinajstić information content (AvgIpc) is 3.05. The number of halogens is 1. The number of aliphatic imine (C=N–C) groups is 1. The molecule has 0 unspecified atom stereocenters. The minimum Gasteiger partial charge on any atom is -0.490 e. The van der Waals surface area contributed by atoms with Gasteiger partial charge in [-0.05, 0) is 50.6 Å². The Morgan fingerprint density at radius 3 is 2.63 bits per heavy atom. The molecular formula is C21H19ClN2O6. The summed E-state index contributed by atoms with van der Waals surface area (Å²) < 4.78 is 16.4. The predicted molar refractivity (Wildman–Crippen MR) is 112 cm³/mol. The second kappa shape index (κ2) is 8.96. The van der Waals surface area contributed by atoms with Gasteiger partial charge in [-0.2, -0.15) is 0 Å². The quantitative estimate of drug-likeness (QED) is 0.273. The first-order chi connectivity index (χ1) is 14.3. The molecule has 0 aromatic heterocycles. The Balaban J connectivity index is 2.01. The number of nitro groups is 1. The van der Waals surface area contributed by atoms with E-state index in [1.165, 1.54) is 18.2 Å². The zero-order chi connectivity index (χ0) is 21.8. The van der Waals surface area contributed by atoms with E-state index in [1.54, 1.807) is 25.1 Å². The molecule has 2 aromatic rings. The summed E-state index contributed by atoms with van der Waals surface area (Å²) in [6.45, 7) is 6.07. The lowest BCUT2D eigenvalue weighted by Gasteiger charge is -2.13. The second-order valence-corrected chi connectivity index (χ2v) is 6.65. The van der Waals surface area contributed by atoms with Gasteiger partial charge in [-0.25, -0.2) is 9.79 Å². The molecule has 8 nitrogen and oxygen atoms in total. The molecule has 156 valence electrons. The predicted octanol–water partition coefficient (Wildman–Crippen LogP) is 4.70. The molecule has 0 spiro atoms. The number of carbonyl (C=O) groups excluding carboxylic acids is 1. The van der Waals surface area contributed by atoms with Crippen LogP contribution in [0.2, 0.25) is 5.02 Å². The van der Waals surface area contributed by atoms with Crippen LogP contribution in [0, 0.1) is 17.0 Å². The van der Waals surface area contributed by atoms with Crippen LogP contribution >= 0.6 is 11.6 Å². The summed E-state index contributed by atoms with van der Waals surface area (Å²) in [5, 5.41) is 11.5. The number of ether oxygens (including phenoxy) is 3. The van der Waals surface area contributed by atoms with Crippen LogP contribution in [0.15, 0.2) is 41.0 Å².